The van der Waals surface area contributed by atoms with Crippen LogP contribution in [0.3, 0.4) is 0 Å². The highest BCUT2D eigenvalue weighted by atomic mass is 16.2. The van der Waals surface area contributed by atoms with E-state index in [2.05, 4.69) is 4.98 Å². The molecule has 0 aliphatic heterocycles. The van der Waals surface area contributed by atoms with Gasteiger partial charge in [0.25, 0.3) is 5.56 Å². The molecule has 1 heterocycles. The minimum Gasteiger partial charge on any atom is -0.393 e. The van der Waals surface area contributed by atoms with Gasteiger partial charge in [0.05, 0.1) is 0 Å². The van der Waals surface area contributed by atoms with Crippen molar-refractivity contribution in [3.63, 3.8) is 0 Å². The molecule has 5 nitrogen and oxygen atoms in total. The lowest BCUT2D eigenvalue weighted by Crippen LogP contribution is -2.32. The summed E-state index contributed by atoms with van der Waals surface area (Å²) < 4.78 is 1.40. The highest BCUT2D eigenvalue weighted by Crippen LogP contribution is 1.96. The zero-order valence-corrected chi connectivity index (χ0v) is 7.70. The topological polar surface area (TPSA) is 80.9 Å². The Morgan fingerprint density at radius 2 is 2.15 bits per heavy atom. The first-order chi connectivity index (χ1) is 6.00. The minimum atomic E-state index is -0.523. The summed E-state index contributed by atoms with van der Waals surface area (Å²) >= 11 is 0. The van der Waals surface area contributed by atoms with Crippen molar-refractivity contribution in [2.24, 2.45) is 5.92 Å². The van der Waals surface area contributed by atoms with Crippen molar-refractivity contribution in [1.82, 2.24) is 9.55 Å². The van der Waals surface area contributed by atoms with Gasteiger partial charge in [0.15, 0.2) is 0 Å². The fraction of sp³-hybridized carbons (Fsp3) is 0.500. The van der Waals surface area contributed by atoms with Crippen LogP contribution in [0.2, 0.25) is 0 Å². The molecule has 1 rings (SSSR count). The van der Waals surface area contributed by atoms with Gasteiger partial charge >= 0.3 is 5.69 Å². The Morgan fingerprint density at radius 3 is 2.69 bits per heavy atom. The monoisotopic (exact) mass is 183 g/mol. The maximum atomic E-state index is 11.2. The fourth-order valence-corrected chi connectivity index (χ4v) is 1.06. The van der Waals surface area contributed by atoms with E-state index in [0.29, 0.717) is 12.5 Å². The molecule has 0 aliphatic carbocycles. The molecule has 1 aromatic rings. The molecule has 3 N–H and O–H groups in total. The highest BCUT2D eigenvalue weighted by molar-refractivity contribution is 5.30. The standard InChI is InChI=1S/C8H13N3O2/c1-5(2)3-11-4-6(9)7(12)10-8(11)13/h4-5H,3,9H2,1-2H3,(H,10,12,13). The summed E-state index contributed by atoms with van der Waals surface area (Å²) in [5.74, 6) is 0.336. The normalized spacial score (nSPS) is 10.7. The lowest BCUT2D eigenvalue weighted by molar-refractivity contribution is 0.503. The van der Waals surface area contributed by atoms with E-state index in [9.17, 15) is 9.59 Å². The molecule has 0 amide bonds. The number of hydrogen-bond acceptors (Lipinski definition) is 3. The van der Waals surface area contributed by atoms with Crippen molar-refractivity contribution in [2.45, 2.75) is 20.4 Å². The number of anilines is 1. The van der Waals surface area contributed by atoms with E-state index in [-0.39, 0.29) is 5.69 Å². The average molecular weight is 183 g/mol. The van der Waals surface area contributed by atoms with Crippen molar-refractivity contribution in [3.05, 3.63) is 27.0 Å². The summed E-state index contributed by atoms with van der Waals surface area (Å²) in [5, 5.41) is 0. The first-order valence-electron chi connectivity index (χ1n) is 4.10. The second kappa shape index (κ2) is 3.47. The number of H-pyrrole nitrogens is 1. The van der Waals surface area contributed by atoms with E-state index < -0.39 is 11.2 Å². The van der Waals surface area contributed by atoms with Gasteiger partial charge in [-0.1, -0.05) is 13.8 Å². The molecule has 1 aromatic heterocycles. The molecule has 5 heteroatoms. The number of nitrogens with one attached hydrogen (secondary N) is 1. The molecule has 0 saturated heterocycles. The minimum absolute atomic E-state index is 0.0697. The van der Waals surface area contributed by atoms with E-state index >= 15 is 0 Å². The molecule has 0 spiro atoms. The van der Waals surface area contributed by atoms with Crippen molar-refractivity contribution < 1.29 is 0 Å². The maximum absolute atomic E-state index is 11.2. The van der Waals surface area contributed by atoms with Gasteiger partial charge < -0.3 is 5.73 Å². The number of aromatic nitrogens is 2. The molecule has 0 atom stereocenters. The molecule has 0 saturated carbocycles. The Kier molecular flexibility index (Phi) is 2.55. The third-order valence-corrected chi connectivity index (χ3v) is 1.60. The fourth-order valence-electron chi connectivity index (χ4n) is 1.06. The Balaban J connectivity index is 3.17. The third-order valence-electron chi connectivity index (χ3n) is 1.60. The molecule has 0 radical (unpaired) electrons. The Hall–Kier alpha value is -1.52. The largest absolute Gasteiger partial charge is 0.393 e. The number of rotatable bonds is 2. The molecule has 0 aliphatic rings. The van der Waals surface area contributed by atoms with Gasteiger partial charge in [0.1, 0.15) is 5.69 Å². The third kappa shape index (κ3) is 2.21. The summed E-state index contributed by atoms with van der Waals surface area (Å²) in [6.45, 7) is 4.52. The Morgan fingerprint density at radius 1 is 1.54 bits per heavy atom. The van der Waals surface area contributed by atoms with Crippen molar-refractivity contribution >= 4 is 5.69 Å². The van der Waals surface area contributed by atoms with Crippen LogP contribution < -0.4 is 17.0 Å². The van der Waals surface area contributed by atoms with E-state index in [4.69, 9.17) is 5.73 Å². The summed E-state index contributed by atoms with van der Waals surface area (Å²) in [4.78, 5) is 24.2. The molecule has 0 bridgehead atoms. The molecular weight excluding hydrogens is 170 g/mol. The molecule has 72 valence electrons. The molecule has 13 heavy (non-hydrogen) atoms. The van der Waals surface area contributed by atoms with Crippen LogP contribution in [0.5, 0.6) is 0 Å². The van der Waals surface area contributed by atoms with E-state index in [1.165, 1.54) is 10.8 Å². The van der Waals surface area contributed by atoms with E-state index in [1.807, 2.05) is 13.8 Å². The SMILES string of the molecule is CC(C)Cn1cc(N)c(=O)[nH]c1=O. The summed E-state index contributed by atoms with van der Waals surface area (Å²) in [6, 6.07) is 0. The molecular formula is C8H13N3O2. The predicted molar refractivity (Wildman–Crippen MR) is 50.6 cm³/mol. The zero-order chi connectivity index (χ0) is 10.0. The Bertz CT molecular complexity index is 403. The van der Waals surface area contributed by atoms with Crippen LogP contribution in [0.25, 0.3) is 0 Å². The van der Waals surface area contributed by atoms with Crippen LogP contribution in [0, 0.1) is 5.92 Å². The first-order valence-corrected chi connectivity index (χ1v) is 4.10. The number of aromatic amines is 1. The van der Waals surface area contributed by atoms with Gasteiger partial charge in [0, 0.05) is 12.7 Å². The van der Waals surface area contributed by atoms with Crippen LogP contribution >= 0.6 is 0 Å². The van der Waals surface area contributed by atoms with Gasteiger partial charge in [-0.3, -0.25) is 14.3 Å². The van der Waals surface area contributed by atoms with Gasteiger partial charge in [-0.2, -0.15) is 0 Å². The number of nitrogens with two attached hydrogens (primary N) is 1. The van der Waals surface area contributed by atoms with Gasteiger partial charge in [-0.15, -0.1) is 0 Å². The van der Waals surface area contributed by atoms with E-state index in [1.54, 1.807) is 0 Å². The molecule has 0 aromatic carbocycles. The maximum Gasteiger partial charge on any atom is 0.328 e. The number of nitrogen functional groups attached to an aromatic ring is 1. The quantitative estimate of drug-likeness (QED) is 0.664. The van der Waals surface area contributed by atoms with E-state index in [0.717, 1.165) is 0 Å². The van der Waals surface area contributed by atoms with Crippen molar-refractivity contribution in [1.29, 1.82) is 0 Å². The van der Waals surface area contributed by atoms with Crippen LogP contribution in [0.1, 0.15) is 13.8 Å². The number of nitrogens with zero attached hydrogens (tertiary/aromatic N) is 1. The number of hydrogen-bond donors (Lipinski definition) is 2. The zero-order valence-electron chi connectivity index (χ0n) is 7.70. The Labute approximate surface area is 75.2 Å². The molecule has 0 unspecified atom stereocenters. The van der Waals surface area contributed by atoms with Crippen LogP contribution in [0.15, 0.2) is 15.8 Å². The van der Waals surface area contributed by atoms with Crippen LogP contribution in [0.4, 0.5) is 5.69 Å². The lowest BCUT2D eigenvalue weighted by atomic mass is 10.2. The van der Waals surface area contributed by atoms with Gasteiger partial charge in [0.2, 0.25) is 0 Å². The smallest absolute Gasteiger partial charge is 0.328 e. The lowest BCUT2D eigenvalue weighted by Gasteiger charge is -2.07. The highest BCUT2D eigenvalue weighted by Gasteiger charge is 2.02. The van der Waals surface area contributed by atoms with Gasteiger partial charge in [-0.05, 0) is 5.92 Å². The summed E-state index contributed by atoms with van der Waals surface area (Å²) in [6.07, 6.45) is 1.38. The summed E-state index contributed by atoms with van der Waals surface area (Å²) in [5.41, 5.74) is 4.50. The van der Waals surface area contributed by atoms with Gasteiger partial charge in [-0.25, -0.2) is 4.79 Å². The van der Waals surface area contributed by atoms with Crippen molar-refractivity contribution in [2.75, 3.05) is 5.73 Å². The summed E-state index contributed by atoms with van der Waals surface area (Å²) in [7, 11) is 0. The predicted octanol–water partition coefficient (Wildman–Crippen LogP) is -0.225. The average Bonchev–Trinajstić information content (AvgIpc) is 1.99. The van der Waals surface area contributed by atoms with Crippen LogP contribution in [-0.4, -0.2) is 9.55 Å². The second-order valence-corrected chi connectivity index (χ2v) is 3.39. The van der Waals surface area contributed by atoms with Crippen molar-refractivity contribution in [3.8, 4) is 0 Å². The van der Waals surface area contributed by atoms with Crippen LogP contribution in [-0.2, 0) is 6.54 Å². The first kappa shape index (κ1) is 9.57. The molecule has 0 fully saturated rings. The second-order valence-electron chi connectivity index (χ2n) is 3.39.